The first kappa shape index (κ1) is 15.0. The van der Waals surface area contributed by atoms with Crippen LogP contribution in [0.5, 0.6) is 0 Å². The van der Waals surface area contributed by atoms with Gasteiger partial charge in [-0.1, -0.05) is 46.0 Å². The van der Waals surface area contributed by atoms with Crippen LogP contribution in [-0.4, -0.2) is 12.5 Å². The van der Waals surface area contributed by atoms with Gasteiger partial charge in [0.25, 0.3) is 0 Å². The minimum Gasteiger partial charge on any atom is -0.355 e. The highest BCUT2D eigenvalue weighted by atomic mass is 16.2. The van der Waals surface area contributed by atoms with Crippen molar-refractivity contribution in [3.63, 3.8) is 0 Å². The third-order valence-corrected chi connectivity index (χ3v) is 3.85. The Morgan fingerprint density at radius 2 is 1.94 bits per heavy atom. The molecule has 0 spiro atoms. The van der Waals surface area contributed by atoms with Crippen LogP contribution < -0.4 is 5.32 Å². The molecular weight excluding hydrogens is 224 g/mol. The second kappa shape index (κ2) is 7.41. The third kappa shape index (κ3) is 4.33. The zero-order chi connectivity index (χ0) is 13.4. The van der Waals surface area contributed by atoms with Crippen LogP contribution in [-0.2, 0) is 4.79 Å². The molecule has 0 radical (unpaired) electrons. The summed E-state index contributed by atoms with van der Waals surface area (Å²) in [5.74, 6) is 0.693. The van der Waals surface area contributed by atoms with E-state index in [9.17, 15) is 10.1 Å². The zero-order valence-electron chi connectivity index (χ0n) is 11.8. The molecule has 3 nitrogen and oxygen atoms in total. The number of nitriles is 1. The number of carbonyl (C=O) groups excluding carboxylic acids is 1. The Labute approximate surface area is 111 Å². The molecular formula is C15H26N2O. The maximum atomic E-state index is 12.1. The highest BCUT2D eigenvalue weighted by Crippen LogP contribution is 2.35. The van der Waals surface area contributed by atoms with Gasteiger partial charge >= 0.3 is 0 Å². The van der Waals surface area contributed by atoms with Crippen molar-refractivity contribution in [2.24, 2.45) is 11.3 Å². The van der Waals surface area contributed by atoms with Crippen molar-refractivity contribution >= 4 is 5.91 Å². The summed E-state index contributed by atoms with van der Waals surface area (Å²) in [6.45, 7) is 5.14. The zero-order valence-corrected chi connectivity index (χ0v) is 11.8. The van der Waals surface area contributed by atoms with E-state index in [0.29, 0.717) is 0 Å². The summed E-state index contributed by atoms with van der Waals surface area (Å²) < 4.78 is 0. The largest absolute Gasteiger partial charge is 0.355 e. The molecule has 0 aromatic heterocycles. The number of amides is 1. The van der Waals surface area contributed by atoms with Crippen molar-refractivity contribution in [3.8, 4) is 6.07 Å². The maximum absolute atomic E-state index is 12.1. The summed E-state index contributed by atoms with van der Waals surface area (Å²) in [4.78, 5) is 12.1. The van der Waals surface area contributed by atoms with E-state index in [2.05, 4.69) is 25.2 Å². The Bertz CT molecular complexity index is 298. The first-order valence-corrected chi connectivity index (χ1v) is 7.30. The fourth-order valence-electron chi connectivity index (χ4n) is 2.59. The van der Waals surface area contributed by atoms with Gasteiger partial charge in [0.15, 0.2) is 0 Å². The third-order valence-electron chi connectivity index (χ3n) is 3.85. The lowest BCUT2D eigenvalue weighted by atomic mass is 9.74. The van der Waals surface area contributed by atoms with E-state index >= 15 is 0 Å². The smallest absolute Gasteiger partial charge is 0.240 e. The maximum Gasteiger partial charge on any atom is 0.240 e. The molecule has 1 N–H and O–H groups in total. The number of nitrogens with zero attached hydrogens (tertiary/aromatic N) is 1. The van der Waals surface area contributed by atoms with Gasteiger partial charge in [0.05, 0.1) is 6.07 Å². The molecule has 0 heterocycles. The monoisotopic (exact) mass is 250 g/mol. The van der Waals surface area contributed by atoms with Crippen LogP contribution in [0.2, 0.25) is 0 Å². The molecule has 0 bridgehead atoms. The van der Waals surface area contributed by atoms with Crippen molar-refractivity contribution in [2.75, 3.05) is 6.54 Å². The molecule has 3 heteroatoms. The van der Waals surface area contributed by atoms with E-state index in [1.54, 1.807) is 0 Å². The lowest BCUT2D eigenvalue weighted by molar-refractivity contribution is -0.129. The standard InChI is InChI=1S/C15H26N2O/c1-13(2)8-4-7-11-17-14(18)15(12-16)9-5-3-6-10-15/h13H,3-11H2,1-2H3,(H,17,18). The SMILES string of the molecule is CC(C)CCCCNC(=O)C1(C#N)CCCCC1. The fourth-order valence-corrected chi connectivity index (χ4v) is 2.59. The number of nitrogens with one attached hydrogen (secondary N) is 1. The summed E-state index contributed by atoms with van der Waals surface area (Å²) in [7, 11) is 0. The molecule has 0 aromatic rings. The van der Waals surface area contributed by atoms with Gasteiger partial charge in [-0.3, -0.25) is 4.79 Å². The first-order valence-electron chi connectivity index (χ1n) is 7.30. The molecule has 1 saturated carbocycles. The lowest BCUT2D eigenvalue weighted by Gasteiger charge is -2.29. The Morgan fingerprint density at radius 1 is 1.28 bits per heavy atom. The van der Waals surface area contributed by atoms with Crippen molar-refractivity contribution < 1.29 is 4.79 Å². The first-order chi connectivity index (χ1) is 8.60. The molecule has 18 heavy (non-hydrogen) atoms. The molecule has 0 aromatic carbocycles. The highest BCUT2D eigenvalue weighted by molar-refractivity contribution is 5.85. The molecule has 1 fully saturated rings. The van der Waals surface area contributed by atoms with Crippen LogP contribution in [0.3, 0.4) is 0 Å². The molecule has 0 unspecified atom stereocenters. The summed E-state index contributed by atoms with van der Waals surface area (Å²) in [6.07, 6.45) is 8.03. The number of hydrogen-bond donors (Lipinski definition) is 1. The number of rotatable bonds is 6. The molecule has 1 amide bonds. The normalized spacial score (nSPS) is 18.3. The molecule has 0 saturated heterocycles. The van der Waals surface area contributed by atoms with Gasteiger partial charge in [0.2, 0.25) is 5.91 Å². The Kier molecular flexibility index (Phi) is 6.18. The van der Waals surface area contributed by atoms with Crippen molar-refractivity contribution in [1.29, 1.82) is 5.26 Å². The van der Waals surface area contributed by atoms with Gasteiger partial charge in [0, 0.05) is 6.54 Å². The van der Waals surface area contributed by atoms with Crippen molar-refractivity contribution in [1.82, 2.24) is 5.32 Å². The molecule has 0 aliphatic heterocycles. The van der Waals surface area contributed by atoms with E-state index in [0.717, 1.165) is 57.4 Å². The minimum atomic E-state index is -0.726. The summed E-state index contributed by atoms with van der Waals surface area (Å²) in [6, 6.07) is 2.26. The van der Waals surface area contributed by atoms with Crippen LogP contribution in [0, 0.1) is 22.7 Å². The molecule has 1 aliphatic carbocycles. The van der Waals surface area contributed by atoms with Gasteiger partial charge in [-0.2, -0.15) is 5.26 Å². The topological polar surface area (TPSA) is 52.9 Å². The van der Waals surface area contributed by atoms with E-state index in [4.69, 9.17) is 0 Å². The van der Waals surface area contributed by atoms with Crippen LogP contribution in [0.25, 0.3) is 0 Å². The minimum absolute atomic E-state index is 0.0331. The average molecular weight is 250 g/mol. The second-order valence-electron chi connectivity index (χ2n) is 5.90. The number of carbonyl (C=O) groups is 1. The average Bonchev–Trinajstić information content (AvgIpc) is 2.38. The van der Waals surface area contributed by atoms with E-state index in [1.807, 2.05) is 0 Å². The van der Waals surface area contributed by atoms with E-state index in [-0.39, 0.29) is 5.91 Å². The van der Waals surface area contributed by atoms with Crippen LogP contribution in [0.1, 0.15) is 65.2 Å². The molecule has 0 atom stereocenters. The van der Waals surface area contributed by atoms with Crippen LogP contribution in [0.4, 0.5) is 0 Å². The van der Waals surface area contributed by atoms with Crippen molar-refractivity contribution in [3.05, 3.63) is 0 Å². The molecule has 1 rings (SSSR count). The van der Waals surface area contributed by atoms with Gasteiger partial charge in [-0.15, -0.1) is 0 Å². The van der Waals surface area contributed by atoms with Crippen LogP contribution in [0.15, 0.2) is 0 Å². The second-order valence-corrected chi connectivity index (χ2v) is 5.90. The lowest BCUT2D eigenvalue weighted by Crippen LogP contribution is -2.41. The van der Waals surface area contributed by atoms with Gasteiger partial charge in [-0.25, -0.2) is 0 Å². The van der Waals surface area contributed by atoms with E-state index in [1.165, 1.54) is 6.42 Å². The summed E-state index contributed by atoms with van der Waals surface area (Å²) >= 11 is 0. The molecule has 102 valence electrons. The highest BCUT2D eigenvalue weighted by Gasteiger charge is 2.39. The van der Waals surface area contributed by atoms with Gasteiger partial charge < -0.3 is 5.32 Å². The Morgan fingerprint density at radius 3 is 2.50 bits per heavy atom. The predicted molar refractivity (Wildman–Crippen MR) is 72.8 cm³/mol. The molecule has 1 aliphatic rings. The quantitative estimate of drug-likeness (QED) is 0.734. The van der Waals surface area contributed by atoms with Crippen LogP contribution >= 0.6 is 0 Å². The predicted octanol–water partition coefficient (Wildman–Crippen LogP) is 3.40. The summed E-state index contributed by atoms with van der Waals surface area (Å²) in [5.41, 5.74) is -0.726. The van der Waals surface area contributed by atoms with Crippen molar-refractivity contribution in [2.45, 2.75) is 65.2 Å². The van der Waals surface area contributed by atoms with E-state index < -0.39 is 5.41 Å². The van der Waals surface area contributed by atoms with Gasteiger partial charge in [-0.05, 0) is 25.2 Å². The Hall–Kier alpha value is -1.04. The number of unbranched alkanes of at least 4 members (excludes halogenated alkanes) is 1. The van der Waals surface area contributed by atoms with Gasteiger partial charge in [0.1, 0.15) is 5.41 Å². The number of hydrogen-bond acceptors (Lipinski definition) is 2. The Balaban J connectivity index is 2.28. The fraction of sp³-hybridized carbons (Fsp3) is 0.867. The summed E-state index contributed by atoms with van der Waals surface area (Å²) in [5, 5.41) is 12.2.